The number of rotatable bonds is 19. The lowest BCUT2D eigenvalue weighted by atomic mass is 9.93. The van der Waals surface area contributed by atoms with Gasteiger partial charge < -0.3 is 52.8 Å². The zero-order chi connectivity index (χ0) is 47.8. The molecule has 350 valence electrons. The molecule has 0 fully saturated rings. The van der Waals surface area contributed by atoms with Crippen molar-refractivity contribution in [1.29, 1.82) is 5.26 Å². The smallest absolute Gasteiger partial charge is 0.253 e. The van der Waals surface area contributed by atoms with E-state index in [0.717, 1.165) is 31.5 Å². The number of unbranched alkanes of at least 4 members (excludes halogenated alkanes) is 2. The molecule has 19 heteroatoms. The van der Waals surface area contributed by atoms with Crippen LogP contribution in [0.25, 0.3) is 22.4 Å². The number of pyridine rings is 1. The molecule has 10 N–H and O–H groups in total. The van der Waals surface area contributed by atoms with Gasteiger partial charge in [-0.05, 0) is 80.8 Å². The first-order valence-corrected chi connectivity index (χ1v) is 22.1. The van der Waals surface area contributed by atoms with Gasteiger partial charge in [0, 0.05) is 62.1 Å². The van der Waals surface area contributed by atoms with Crippen molar-refractivity contribution in [1.82, 2.24) is 41.1 Å². The quantitative estimate of drug-likeness (QED) is 0.0522. The van der Waals surface area contributed by atoms with E-state index in [1.807, 2.05) is 6.07 Å². The maximum absolute atomic E-state index is 14.7. The number of carbonyl (C=O) groups excluding carboxylic acids is 5. The summed E-state index contributed by atoms with van der Waals surface area (Å²) in [6, 6.07) is 10.3. The predicted molar refractivity (Wildman–Crippen MR) is 247 cm³/mol. The van der Waals surface area contributed by atoms with Crippen LogP contribution >= 0.6 is 0 Å². The summed E-state index contributed by atoms with van der Waals surface area (Å²) in [5.41, 5.74) is 21.4. The summed E-state index contributed by atoms with van der Waals surface area (Å²) >= 11 is 0. The largest absolute Gasteiger partial charge is 0.492 e. The fourth-order valence-corrected chi connectivity index (χ4v) is 7.48. The molecular formula is C47H60N12O7. The topological polar surface area (TPSA) is 296 Å². The van der Waals surface area contributed by atoms with Crippen LogP contribution in [0.15, 0.2) is 60.9 Å². The van der Waals surface area contributed by atoms with Gasteiger partial charge in [-0.1, -0.05) is 31.9 Å². The van der Waals surface area contributed by atoms with Gasteiger partial charge >= 0.3 is 0 Å². The van der Waals surface area contributed by atoms with Crippen molar-refractivity contribution in [3.05, 3.63) is 89.1 Å². The van der Waals surface area contributed by atoms with Crippen LogP contribution in [0.5, 0.6) is 11.5 Å². The van der Waals surface area contributed by atoms with E-state index in [-0.39, 0.29) is 57.8 Å². The number of likely N-dealkylation sites (N-methyl/N-ethyl adjacent to an activating group) is 1. The summed E-state index contributed by atoms with van der Waals surface area (Å²) in [5.74, 6) is -1.79. The van der Waals surface area contributed by atoms with Gasteiger partial charge in [-0.15, -0.1) is 0 Å². The summed E-state index contributed by atoms with van der Waals surface area (Å²) in [6.07, 6.45) is 7.40. The lowest BCUT2D eigenvalue weighted by Gasteiger charge is -2.32. The second-order valence-corrected chi connectivity index (χ2v) is 15.9. The summed E-state index contributed by atoms with van der Waals surface area (Å²) in [5, 5.41) is 19.9. The van der Waals surface area contributed by atoms with Crippen LogP contribution in [0, 0.1) is 18.3 Å². The molecule has 0 aliphatic carbocycles. The van der Waals surface area contributed by atoms with E-state index in [1.165, 1.54) is 18.9 Å². The number of nitrogens with zero attached hydrogens (tertiary/aromatic N) is 5. The Morgan fingerprint density at radius 2 is 1.61 bits per heavy atom. The zero-order valence-corrected chi connectivity index (χ0v) is 37.9. The molecule has 5 amide bonds. The van der Waals surface area contributed by atoms with Crippen molar-refractivity contribution in [3.63, 3.8) is 0 Å². The Morgan fingerprint density at radius 3 is 2.24 bits per heavy atom. The summed E-state index contributed by atoms with van der Waals surface area (Å²) in [7, 11) is 1.42. The maximum Gasteiger partial charge on any atom is 0.253 e. The SMILES string of the molecule is CCCCCc1ncc(-c2ccc(C(=O)NC(CCN)C(=O)N(C)C3C(=O)NC(C)C(=O)NC(C(=O)NCC#N)Cc4ccc(OCCN)c(c4)-c4cc3ccc4OCCN)c(C)n2)cn1. The van der Waals surface area contributed by atoms with Gasteiger partial charge in [0.05, 0.1) is 23.0 Å². The molecule has 66 heavy (non-hydrogen) atoms. The number of fused-ring (bicyclic) bond motifs is 5. The van der Waals surface area contributed by atoms with E-state index in [1.54, 1.807) is 67.8 Å². The Hall–Kier alpha value is -7.01. The van der Waals surface area contributed by atoms with E-state index in [2.05, 4.69) is 43.1 Å². The zero-order valence-electron chi connectivity index (χ0n) is 37.9. The lowest BCUT2D eigenvalue weighted by Crippen LogP contribution is -2.56. The Balaban J connectivity index is 1.53. The Morgan fingerprint density at radius 1 is 0.924 bits per heavy atom. The van der Waals surface area contributed by atoms with Crippen molar-refractivity contribution < 1.29 is 33.4 Å². The molecule has 0 saturated heterocycles. The number of nitrogens with one attached hydrogen (secondary N) is 4. The third-order valence-corrected chi connectivity index (χ3v) is 10.9. The normalized spacial score (nSPS) is 16.4. The van der Waals surface area contributed by atoms with Gasteiger partial charge in [-0.25, -0.2) is 9.97 Å². The van der Waals surface area contributed by atoms with Crippen LogP contribution in [0.3, 0.4) is 0 Å². The van der Waals surface area contributed by atoms with E-state index >= 15 is 0 Å². The van der Waals surface area contributed by atoms with Crippen LogP contribution in [0.1, 0.15) is 78.6 Å². The fraction of sp³-hybridized carbons (Fsp3) is 0.426. The lowest BCUT2D eigenvalue weighted by molar-refractivity contribution is -0.141. The van der Waals surface area contributed by atoms with E-state index in [0.29, 0.717) is 50.7 Å². The standard InChI is InChI=1S/C47H60N12O7/c1-5-6-7-8-41-53-26-32(27-54-41)36-12-11-33(28(2)55-36)44(61)57-37(15-16-48)47(64)59(4)42-31-10-14-40(66-22-19-51)35(25-31)34-23-30(9-13-39(34)65-21-18-50)24-38(45(62)52-20-17-49)58-43(60)29(3)56-46(42)63/h9-14,23,25-27,29,37-38,42H,5-8,15-16,18-22,24,48,50-51H2,1-4H3,(H,52,62)(H,56,63)(H,57,61)(H,58,60). The number of ether oxygens (including phenoxy) is 2. The molecule has 19 nitrogen and oxygen atoms in total. The Kier molecular flexibility index (Phi) is 18.4. The first-order chi connectivity index (χ1) is 31.8. The Labute approximate surface area is 384 Å². The van der Waals surface area contributed by atoms with Crippen LogP contribution < -0.4 is 47.9 Å². The van der Waals surface area contributed by atoms with Gasteiger partial charge in [0.2, 0.25) is 23.6 Å². The molecule has 4 unspecified atom stereocenters. The third kappa shape index (κ3) is 12.8. The molecule has 4 atom stereocenters. The van der Waals surface area contributed by atoms with E-state index in [4.69, 9.17) is 31.9 Å². The van der Waals surface area contributed by atoms with Gasteiger partial charge in [0.1, 0.15) is 61.2 Å². The van der Waals surface area contributed by atoms with Gasteiger partial charge in [0.15, 0.2) is 0 Å². The first-order valence-electron chi connectivity index (χ1n) is 22.1. The van der Waals surface area contributed by atoms with Crippen LogP contribution in [0.4, 0.5) is 0 Å². The molecule has 4 aromatic rings. The van der Waals surface area contributed by atoms with Crippen LogP contribution in [-0.2, 0) is 32.0 Å². The van der Waals surface area contributed by atoms with E-state index in [9.17, 15) is 24.0 Å². The monoisotopic (exact) mass is 904 g/mol. The molecule has 3 heterocycles. The highest BCUT2D eigenvalue weighted by Crippen LogP contribution is 2.40. The second kappa shape index (κ2) is 24.3. The number of benzene rings is 2. The number of aromatic nitrogens is 3. The third-order valence-electron chi connectivity index (χ3n) is 10.9. The molecule has 0 radical (unpaired) electrons. The number of nitrogens with two attached hydrogens (primary N) is 3. The molecule has 2 aromatic heterocycles. The minimum absolute atomic E-state index is 0.00235. The number of carbonyl (C=O) groups is 5. The van der Waals surface area contributed by atoms with Crippen molar-refractivity contribution in [3.8, 4) is 40.0 Å². The van der Waals surface area contributed by atoms with Crippen LogP contribution in [0.2, 0.25) is 0 Å². The van der Waals surface area contributed by atoms with E-state index < -0.39 is 53.7 Å². The van der Waals surface area contributed by atoms with Gasteiger partial charge in [-0.2, -0.15) is 5.26 Å². The number of amides is 5. The summed E-state index contributed by atoms with van der Waals surface area (Å²) in [6.45, 7) is 5.63. The highest BCUT2D eigenvalue weighted by Gasteiger charge is 2.36. The molecule has 0 spiro atoms. The summed E-state index contributed by atoms with van der Waals surface area (Å²) < 4.78 is 12.2. The molecule has 1 aliphatic heterocycles. The minimum atomic E-state index is -1.40. The maximum atomic E-state index is 14.7. The number of aryl methyl sites for hydroxylation is 2. The van der Waals surface area contributed by atoms with Gasteiger partial charge in [-0.3, -0.25) is 29.0 Å². The predicted octanol–water partition coefficient (Wildman–Crippen LogP) is 1.75. The molecule has 1 aliphatic rings. The van der Waals surface area contributed by atoms with Crippen molar-refractivity contribution in [2.75, 3.05) is 46.4 Å². The highest BCUT2D eigenvalue weighted by molar-refractivity contribution is 6.00. The molecule has 0 saturated carbocycles. The van der Waals surface area contributed by atoms with Gasteiger partial charge in [0.25, 0.3) is 5.91 Å². The van der Waals surface area contributed by atoms with Crippen LogP contribution in [-0.4, -0.2) is 114 Å². The molecule has 5 rings (SSSR count). The van der Waals surface area contributed by atoms with Crippen molar-refractivity contribution in [2.24, 2.45) is 17.2 Å². The number of hydrogen-bond acceptors (Lipinski definition) is 14. The fourth-order valence-electron chi connectivity index (χ4n) is 7.48. The average Bonchev–Trinajstić information content (AvgIpc) is 3.31. The summed E-state index contributed by atoms with van der Waals surface area (Å²) in [4.78, 5) is 85.0. The van der Waals surface area contributed by atoms with Crippen molar-refractivity contribution in [2.45, 2.75) is 83.5 Å². The molecule has 4 bridgehead atoms. The molecule has 2 aromatic carbocycles. The molecular weight excluding hydrogens is 845 g/mol. The minimum Gasteiger partial charge on any atom is -0.492 e. The number of nitriles is 1. The second-order valence-electron chi connectivity index (χ2n) is 15.9. The first kappa shape index (κ1) is 50.0. The van der Waals surface area contributed by atoms with Crippen molar-refractivity contribution >= 4 is 29.5 Å². The Bertz CT molecular complexity index is 2390. The average molecular weight is 905 g/mol. The number of hydrogen-bond donors (Lipinski definition) is 7. The highest BCUT2D eigenvalue weighted by atomic mass is 16.5.